The van der Waals surface area contributed by atoms with Crippen LogP contribution in [0.15, 0.2) is 53.2 Å². The van der Waals surface area contributed by atoms with Crippen molar-refractivity contribution in [2.75, 3.05) is 11.9 Å². The van der Waals surface area contributed by atoms with E-state index < -0.39 is 12.0 Å². The van der Waals surface area contributed by atoms with E-state index in [1.165, 1.54) is 24.3 Å². The van der Waals surface area contributed by atoms with Crippen molar-refractivity contribution < 1.29 is 23.3 Å². The van der Waals surface area contributed by atoms with Gasteiger partial charge in [0, 0.05) is 5.56 Å². The van der Waals surface area contributed by atoms with E-state index in [2.05, 4.69) is 15.6 Å². The summed E-state index contributed by atoms with van der Waals surface area (Å²) in [7, 11) is 0. The number of benzene rings is 2. The molecule has 3 rings (SSSR count). The van der Waals surface area contributed by atoms with E-state index in [-0.39, 0.29) is 11.6 Å². The molecule has 29 heavy (non-hydrogen) atoms. The predicted octanol–water partition coefficient (Wildman–Crippen LogP) is 4.46. The highest BCUT2D eigenvalue weighted by Gasteiger charge is 2.22. The molecule has 8 heteroatoms. The van der Waals surface area contributed by atoms with Gasteiger partial charge in [-0.3, -0.25) is 4.79 Å². The Morgan fingerprint density at radius 3 is 2.41 bits per heavy atom. The summed E-state index contributed by atoms with van der Waals surface area (Å²) in [4.78, 5) is 12.6. The average Bonchev–Trinajstić information content (AvgIpc) is 3.20. The van der Waals surface area contributed by atoms with Crippen LogP contribution in [0, 0.1) is 5.82 Å². The maximum Gasteiger partial charge on any atom is 0.266 e. The molecular weight excluding hydrogens is 377 g/mol. The number of halogens is 1. The molecule has 0 saturated heterocycles. The molecule has 1 unspecified atom stereocenters. The topological polar surface area (TPSA) is 86.5 Å². The third-order valence-electron chi connectivity index (χ3n) is 4.09. The Hall–Kier alpha value is -3.42. The molecule has 1 aromatic heterocycles. The van der Waals surface area contributed by atoms with Gasteiger partial charge in [0.05, 0.1) is 6.61 Å². The molecule has 0 radical (unpaired) electrons. The van der Waals surface area contributed by atoms with Crippen LogP contribution in [0.25, 0.3) is 11.3 Å². The number of ether oxygens (including phenoxy) is 2. The van der Waals surface area contributed by atoms with Crippen LogP contribution in [0.5, 0.6) is 11.5 Å². The summed E-state index contributed by atoms with van der Waals surface area (Å²) in [5.74, 6) is 0.556. The lowest BCUT2D eigenvalue weighted by Crippen LogP contribution is -2.32. The van der Waals surface area contributed by atoms with Gasteiger partial charge in [-0.25, -0.2) is 9.02 Å². The van der Waals surface area contributed by atoms with Gasteiger partial charge in [0.15, 0.2) is 11.8 Å². The second-order valence-electron chi connectivity index (χ2n) is 6.29. The van der Waals surface area contributed by atoms with E-state index in [0.29, 0.717) is 24.5 Å². The lowest BCUT2D eigenvalue weighted by Gasteiger charge is -2.16. The highest BCUT2D eigenvalue weighted by Crippen LogP contribution is 2.27. The van der Waals surface area contributed by atoms with Crippen LogP contribution in [0.4, 0.5) is 10.2 Å². The quantitative estimate of drug-likeness (QED) is 0.572. The Balaban J connectivity index is 1.69. The van der Waals surface area contributed by atoms with Crippen molar-refractivity contribution in [3.63, 3.8) is 0 Å². The average molecular weight is 399 g/mol. The maximum absolute atomic E-state index is 13.0. The zero-order valence-corrected chi connectivity index (χ0v) is 16.2. The molecule has 152 valence electrons. The van der Waals surface area contributed by atoms with Gasteiger partial charge >= 0.3 is 0 Å². The Labute approximate surface area is 167 Å². The Morgan fingerprint density at radius 1 is 1.07 bits per heavy atom. The van der Waals surface area contributed by atoms with Gasteiger partial charge in [-0.05, 0) is 71.7 Å². The number of hydrogen-bond donors (Lipinski definition) is 1. The molecule has 0 spiro atoms. The fourth-order valence-corrected chi connectivity index (χ4v) is 2.59. The smallest absolute Gasteiger partial charge is 0.266 e. The van der Waals surface area contributed by atoms with Gasteiger partial charge < -0.3 is 14.8 Å². The maximum atomic E-state index is 13.0. The molecule has 0 aliphatic carbocycles. The first-order valence-electron chi connectivity index (χ1n) is 9.39. The van der Waals surface area contributed by atoms with E-state index in [4.69, 9.17) is 14.1 Å². The number of amides is 1. The van der Waals surface area contributed by atoms with E-state index in [1.54, 1.807) is 0 Å². The van der Waals surface area contributed by atoms with E-state index in [1.807, 2.05) is 38.1 Å². The number of rotatable bonds is 9. The molecule has 0 bridgehead atoms. The molecule has 2 aromatic carbocycles. The first kappa shape index (κ1) is 20.3. The minimum absolute atomic E-state index is 0.193. The van der Waals surface area contributed by atoms with Crippen LogP contribution < -0.4 is 14.8 Å². The zero-order chi connectivity index (χ0) is 20.6. The number of carbonyl (C=O) groups excluding carboxylic acids is 1. The van der Waals surface area contributed by atoms with Crippen molar-refractivity contribution in [2.24, 2.45) is 0 Å². The Kier molecular flexibility index (Phi) is 6.78. The molecule has 0 aliphatic heterocycles. The van der Waals surface area contributed by atoms with Gasteiger partial charge in [-0.15, -0.1) is 0 Å². The lowest BCUT2D eigenvalue weighted by atomic mass is 10.1. The van der Waals surface area contributed by atoms with Gasteiger partial charge in [0.25, 0.3) is 5.91 Å². The molecule has 1 atom stereocenters. The normalized spacial score (nSPS) is 11.7. The standard InChI is InChI=1S/C21H22FN3O4/c1-3-13-27-16-9-5-14(6-10-16)19-20(25-29-24-19)23-21(26)18(4-2)28-17-11-7-15(22)8-12-17/h5-12,18H,3-4,13H2,1-2H3,(H,23,25,26). The largest absolute Gasteiger partial charge is 0.494 e. The van der Waals surface area contributed by atoms with Crippen LogP contribution in [0.3, 0.4) is 0 Å². The van der Waals surface area contributed by atoms with Crippen LogP contribution in [0.2, 0.25) is 0 Å². The van der Waals surface area contributed by atoms with Crippen molar-refractivity contribution in [3.8, 4) is 22.8 Å². The third kappa shape index (κ3) is 5.31. The summed E-state index contributed by atoms with van der Waals surface area (Å²) < 4.78 is 29.1. The van der Waals surface area contributed by atoms with Crippen LogP contribution in [0.1, 0.15) is 26.7 Å². The SMILES string of the molecule is CCCOc1ccc(-c2nonc2NC(=O)C(CC)Oc2ccc(F)cc2)cc1. The molecule has 1 N–H and O–H groups in total. The molecule has 0 saturated carbocycles. The minimum Gasteiger partial charge on any atom is -0.494 e. The van der Waals surface area contributed by atoms with E-state index in [9.17, 15) is 9.18 Å². The van der Waals surface area contributed by atoms with Crippen molar-refractivity contribution in [1.82, 2.24) is 10.3 Å². The van der Waals surface area contributed by atoms with E-state index >= 15 is 0 Å². The summed E-state index contributed by atoms with van der Waals surface area (Å²) in [6, 6.07) is 12.7. The lowest BCUT2D eigenvalue weighted by molar-refractivity contribution is -0.122. The monoisotopic (exact) mass is 399 g/mol. The van der Waals surface area contributed by atoms with Crippen molar-refractivity contribution in [2.45, 2.75) is 32.8 Å². The summed E-state index contributed by atoms with van der Waals surface area (Å²) in [5, 5.41) is 10.4. The number of nitrogens with one attached hydrogen (secondary N) is 1. The number of nitrogens with zero attached hydrogens (tertiary/aromatic N) is 2. The van der Waals surface area contributed by atoms with Crippen LogP contribution >= 0.6 is 0 Å². The summed E-state index contributed by atoms with van der Waals surface area (Å²) >= 11 is 0. The summed E-state index contributed by atoms with van der Waals surface area (Å²) in [6.07, 6.45) is 0.548. The first-order valence-corrected chi connectivity index (χ1v) is 9.39. The minimum atomic E-state index is -0.783. The molecule has 0 fully saturated rings. The highest BCUT2D eigenvalue weighted by molar-refractivity contribution is 5.96. The van der Waals surface area contributed by atoms with Crippen LogP contribution in [-0.2, 0) is 4.79 Å². The van der Waals surface area contributed by atoms with Gasteiger partial charge in [0.2, 0.25) is 5.82 Å². The van der Waals surface area contributed by atoms with E-state index in [0.717, 1.165) is 17.7 Å². The van der Waals surface area contributed by atoms with Gasteiger partial charge in [0.1, 0.15) is 17.3 Å². The first-order chi connectivity index (χ1) is 14.1. The third-order valence-corrected chi connectivity index (χ3v) is 4.09. The van der Waals surface area contributed by atoms with Gasteiger partial charge in [-0.1, -0.05) is 13.8 Å². The van der Waals surface area contributed by atoms with Crippen molar-refractivity contribution in [3.05, 3.63) is 54.3 Å². The summed E-state index contributed by atoms with van der Waals surface area (Å²) in [6.45, 7) is 4.48. The number of carbonyl (C=O) groups is 1. The molecule has 1 heterocycles. The Bertz CT molecular complexity index is 926. The van der Waals surface area contributed by atoms with Gasteiger partial charge in [-0.2, -0.15) is 0 Å². The predicted molar refractivity (Wildman–Crippen MR) is 105 cm³/mol. The molecular formula is C21H22FN3O4. The number of hydrogen-bond acceptors (Lipinski definition) is 6. The number of aromatic nitrogens is 2. The summed E-state index contributed by atoms with van der Waals surface area (Å²) in [5.41, 5.74) is 1.12. The molecule has 1 amide bonds. The second-order valence-corrected chi connectivity index (χ2v) is 6.29. The Morgan fingerprint density at radius 2 is 1.76 bits per heavy atom. The molecule has 7 nitrogen and oxygen atoms in total. The second kappa shape index (κ2) is 9.68. The molecule has 3 aromatic rings. The zero-order valence-electron chi connectivity index (χ0n) is 16.2. The van der Waals surface area contributed by atoms with Crippen molar-refractivity contribution in [1.29, 1.82) is 0 Å². The van der Waals surface area contributed by atoms with Crippen molar-refractivity contribution >= 4 is 11.7 Å². The number of anilines is 1. The molecule has 0 aliphatic rings. The fourth-order valence-electron chi connectivity index (χ4n) is 2.59. The van der Waals surface area contributed by atoms with Crippen LogP contribution in [-0.4, -0.2) is 28.9 Å². The fraction of sp³-hybridized carbons (Fsp3) is 0.286. The highest BCUT2D eigenvalue weighted by atomic mass is 19.1.